The number of amides is 1. The Bertz CT molecular complexity index is 1170. The van der Waals surface area contributed by atoms with Gasteiger partial charge in [-0.3, -0.25) is 9.52 Å². The van der Waals surface area contributed by atoms with Crippen LogP contribution in [-0.2, 0) is 16.4 Å². The van der Waals surface area contributed by atoms with Crippen molar-refractivity contribution in [3.05, 3.63) is 82.7 Å². The zero-order valence-electron chi connectivity index (χ0n) is 15.5. The van der Waals surface area contributed by atoms with Crippen molar-refractivity contribution in [3.8, 4) is 0 Å². The maximum Gasteiger partial charge on any atom is 0.273 e. The van der Waals surface area contributed by atoms with Gasteiger partial charge in [-0.15, -0.1) is 11.3 Å². The summed E-state index contributed by atoms with van der Waals surface area (Å²) >= 11 is 1.11. The SMILES string of the molecule is O=C(NN=C1CCCc2ccccc21)c1ccccc1NS(=O)(=O)c1cccs1. The van der Waals surface area contributed by atoms with Crippen LogP contribution in [0.4, 0.5) is 5.69 Å². The van der Waals surface area contributed by atoms with Crippen LogP contribution in [0.25, 0.3) is 0 Å². The highest BCUT2D eigenvalue weighted by Gasteiger charge is 2.20. The Morgan fingerprint density at radius 2 is 1.76 bits per heavy atom. The number of nitrogens with one attached hydrogen (secondary N) is 2. The van der Waals surface area contributed by atoms with Gasteiger partial charge in [0.05, 0.1) is 17.0 Å². The van der Waals surface area contributed by atoms with E-state index in [1.165, 1.54) is 11.6 Å². The fraction of sp³-hybridized carbons (Fsp3) is 0.143. The van der Waals surface area contributed by atoms with Crippen LogP contribution < -0.4 is 10.1 Å². The van der Waals surface area contributed by atoms with Gasteiger partial charge in [0.15, 0.2) is 0 Å². The van der Waals surface area contributed by atoms with E-state index in [2.05, 4.69) is 21.3 Å². The average Bonchev–Trinajstić information content (AvgIpc) is 3.28. The Morgan fingerprint density at radius 3 is 2.59 bits per heavy atom. The standard InChI is InChI=1S/C21H19N3O3S2/c25-21(23-22-18-12-5-8-15-7-1-2-9-16(15)18)17-10-3-4-11-19(17)24-29(26,27)20-13-6-14-28-20/h1-4,6-7,9-11,13-14,24H,5,8,12H2,(H,23,25). The number of hydrogen-bond donors (Lipinski definition) is 2. The molecule has 0 spiro atoms. The van der Waals surface area contributed by atoms with Crippen LogP contribution in [0.15, 0.2) is 75.4 Å². The van der Waals surface area contributed by atoms with Crippen LogP contribution in [0.1, 0.15) is 34.3 Å². The van der Waals surface area contributed by atoms with E-state index in [1.807, 2.05) is 18.2 Å². The van der Waals surface area contributed by atoms with Crippen LogP contribution in [0.5, 0.6) is 0 Å². The van der Waals surface area contributed by atoms with Crippen molar-refractivity contribution in [2.24, 2.45) is 5.10 Å². The minimum atomic E-state index is -3.75. The molecule has 1 heterocycles. The summed E-state index contributed by atoms with van der Waals surface area (Å²) in [4.78, 5) is 12.7. The Labute approximate surface area is 173 Å². The highest BCUT2D eigenvalue weighted by Crippen LogP contribution is 2.24. The van der Waals surface area contributed by atoms with Gasteiger partial charge in [-0.2, -0.15) is 5.10 Å². The molecular formula is C21H19N3O3S2. The lowest BCUT2D eigenvalue weighted by atomic mass is 9.90. The summed E-state index contributed by atoms with van der Waals surface area (Å²) in [7, 11) is -3.75. The van der Waals surface area contributed by atoms with Gasteiger partial charge < -0.3 is 0 Å². The van der Waals surface area contributed by atoms with Gasteiger partial charge in [0, 0.05) is 5.56 Å². The summed E-state index contributed by atoms with van der Waals surface area (Å²) in [5.41, 5.74) is 6.10. The second kappa shape index (κ2) is 8.18. The van der Waals surface area contributed by atoms with Crippen molar-refractivity contribution >= 4 is 38.7 Å². The van der Waals surface area contributed by atoms with Crippen molar-refractivity contribution in [2.75, 3.05) is 4.72 Å². The second-order valence-corrected chi connectivity index (χ2v) is 9.45. The third kappa shape index (κ3) is 4.23. The van der Waals surface area contributed by atoms with E-state index in [4.69, 9.17) is 0 Å². The van der Waals surface area contributed by atoms with Crippen molar-refractivity contribution in [3.63, 3.8) is 0 Å². The lowest BCUT2D eigenvalue weighted by molar-refractivity contribution is 0.0955. The molecule has 2 N–H and O–H groups in total. The van der Waals surface area contributed by atoms with Gasteiger partial charge in [0.1, 0.15) is 4.21 Å². The summed E-state index contributed by atoms with van der Waals surface area (Å²) in [6.45, 7) is 0. The van der Waals surface area contributed by atoms with E-state index in [0.717, 1.165) is 41.9 Å². The number of para-hydroxylation sites is 1. The molecule has 8 heteroatoms. The molecule has 0 aliphatic heterocycles. The van der Waals surface area contributed by atoms with Crippen molar-refractivity contribution in [2.45, 2.75) is 23.5 Å². The topological polar surface area (TPSA) is 87.6 Å². The van der Waals surface area contributed by atoms with Crippen LogP contribution in [0, 0.1) is 0 Å². The molecule has 1 aliphatic rings. The first-order valence-electron chi connectivity index (χ1n) is 9.15. The molecule has 0 bridgehead atoms. The summed E-state index contributed by atoms with van der Waals surface area (Å²) in [6, 6.07) is 17.7. The number of benzene rings is 2. The number of hydrazone groups is 1. The van der Waals surface area contributed by atoms with E-state index in [9.17, 15) is 13.2 Å². The molecule has 0 saturated carbocycles. The number of nitrogens with zero attached hydrogens (tertiary/aromatic N) is 1. The molecule has 148 valence electrons. The molecule has 0 saturated heterocycles. The Morgan fingerprint density at radius 1 is 0.966 bits per heavy atom. The Kier molecular flexibility index (Phi) is 5.46. The van der Waals surface area contributed by atoms with Crippen LogP contribution in [0.3, 0.4) is 0 Å². The van der Waals surface area contributed by atoms with E-state index >= 15 is 0 Å². The minimum absolute atomic E-state index is 0.187. The van der Waals surface area contributed by atoms with E-state index in [1.54, 1.807) is 35.7 Å². The molecule has 0 radical (unpaired) electrons. The number of fused-ring (bicyclic) bond motifs is 1. The molecule has 0 fully saturated rings. The molecular weight excluding hydrogens is 406 g/mol. The molecule has 2 aromatic carbocycles. The number of sulfonamides is 1. The maximum absolute atomic E-state index is 12.7. The van der Waals surface area contributed by atoms with Gasteiger partial charge in [0.2, 0.25) is 0 Å². The van der Waals surface area contributed by atoms with E-state index in [-0.39, 0.29) is 15.5 Å². The van der Waals surface area contributed by atoms with Gasteiger partial charge in [-0.05, 0) is 48.4 Å². The predicted octanol–water partition coefficient (Wildman–Crippen LogP) is 4.02. The molecule has 1 aromatic heterocycles. The fourth-order valence-electron chi connectivity index (χ4n) is 3.28. The molecule has 3 aromatic rings. The minimum Gasteiger partial charge on any atom is -0.278 e. The predicted molar refractivity (Wildman–Crippen MR) is 115 cm³/mol. The van der Waals surface area contributed by atoms with Crippen LogP contribution in [-0.4, -0.2) is 20.0 Å². The summed E-state index contributed by atoms with van der Waals surface area (Å²) in [5, 5.41) is 6.02. The molecule has 0 unspecified atom stereocenters. The quantitative estimate of drug-likeness (QED) is 0.605. The molecule has 6 nitrogen and oxygen atoms in total. The first kappa shape index (κ1) is 19.4. The zero-order valence-corrected chi connectivity index (χ0v) is 17.1. The third-order valence-electron chi connectivity index (χ3n) is 4.66. The Hall–Kier alpha value is -2.97. The molecule has 1 aliphatic carbocycles. The number of thiophene rings is 1. The largest absolute Gasteiger partial charge is 0.278 e. The maximum atomic E-state index is 12.7. The van der Waals surface area contributed by atoms with Crippen LogP contribution >= 0.6 is 11.3 Å². The summed E-state index contributed by atoms with van der Waals surface area (Å²) in [5.74, 6) is -0.468. The first-order chi connectivity index (χ1) is 14.0. The first-order valence-corrected chi connectivity index (χ1v) is 11.5. The van der Waals surface area contributed by atoms with Crippen molar-refractivity contribution in [1.82, 2.24) is 5.43 Å². The normalized spacial score (nSPS) is 15.0. The fourth-order valence-corrected chi connectivity index (χ4v) is 5.35. The molecule has 0 atom stereocenters. The molecule has 29 heavy (non-hydrogen) atoms. The number of rotatable bonds is 5. The summed E-state index contributed by atoms with van der Waals surface area (Å²) < 4.78 is 27.7. The lowest BCUT2D eigenvalue weighted by Gasteiger charge is -2.17. The van der Waals surface area contributed by atoms with Gasteiger partial charge in [-0.25, -0.2) is 13.8 Å². The Balaban J connectivity index is 1.56. The number of carbonyl (C=O) groups is 1. The van der Waals surface area contributed by atoms with Crippen LogP contribution in [0.2, 0.25) is 0 Å². The third-order valence-corrected chi connectivity index (χ3v) is 7.42. The molecule has 1 amide bonds. The number of carbonyl (C=O) groups excluding carboxylic acids is 1. The number of aryl methyl sites for hydroxylation is 1. The summed E-state index contributed by atoms with van der Waals surface area (Å²) in [6.07, 6.45) is 2.75. The number of hydrogen-bond acceptors (Lipinski definition) is 5. The van der Waals surface area contributed by atoms with Gasteiger partial charge in [0.25, 0.3) is 15.9 Å². The van der Waals surface area contributed by atoms with Crippen molar-refractivity contribution < 1.29 is 13.2 Å². The number of anilines is 1. The highest BCUT2D eigenvalue weighted by molar-refractivity contribution is 7.94. The zero-order chi connectivity index (χ0) is 20.3. The van der Waals surface area contributed by atoms with Gasteiger partial charge in [-0.1, -0.05) is 42.5 Å². The monoisotopic (exact) mass is 425 g/mol. The lowest BCUT2D eigenvalue weighted by Crippen LogP contribution is -2.24. The smallest absolute Gasteiger partial charge is 0.273 e. The van der Waals surface area contributed by atoms with E-state index < -0.39 is 15.9 Å². The second-order valence-electron chi connectivity index (χ2n) is 6.59. The van der Waals surface area contributed by atoms with Crippen molar-refractivity contribution in [1.29, 1.82) is 0 Å². The average molecular weight is 426 g/mol. The molecule has 4 rings (SSSR count). The highest BCUT2D eigenvalue weighted by atomic mass is 32.2. The van der Waals surface area contributed by atoms with E-state index in [0.29, 0.717) is 0 Å². The van der Waals surface area contributed by atoms with Gasteiger partial charge >= 0.3 is 0 Å².